The Morgan fingerprint density at radius 3 is 2.62 bits per heavy atom. The molecule has 0 saturated heterocycles. The molecule has 3 saturated carbocycles. The minimum atomic E-state index is -0.629. The minimum absolute atomic E-state index is 0.271. The van der Waals surface area contributed by atoms with E-state index in [0.29, 0.717) is 36.0 Å². The van der Waals surface area contributed by atoms with E-state index in [1.54, 1.807) is 0 Å². The second-order valence-electron chi connectivity index (χ2n) is 12.4. The van der Waals surface area contributed by atoms with E-state index >= 15 is 0 Å². The van der Waals surface area contributed by atoms with Crippen LogP contribution in [0.4, 0.5) is 0 Å². The van der Waals surface area contributed by atoms with Gasteiger partial charge in [0.2, 0.25) is 0 Å². The Morgan fingerprint density at radius 1 is 1.21 bits per heavy atom. The first-order chi connectivity index (χ1) is 16.0. The smallest absolute Gasteiger partial charge is 0.0811 e. The summed E-state index contributed by atoms with van der Waals surface area (Å²) in [5.41, 5.74) is 3.03. The first-order valence-electron chi connectivity index (χ1n) is 13.7. The number of methoxy groups -OCH3 is 1. The van der Waals surface area contributed by atoms with Gasteiger partial charge in [0, 0.05) is 13.5 Å². The van der Waals surface area contributed by atoms with Crippen LogP contribution in [-0.2, 0) is 4.74 Å². The summed E-state index contributed by atoms with van der Waals surface area (Å²) in [6.07, 6.45) is 14.7. The molecule has 34 heavy (non-hydrogen) atoms. The fourth-order valence-electron chi connectivity index (χ4n) is 7.37. The lowest BCUT2D eigenvalue weighted by Gasteiger charge is -2.45. The standard InChI is InChI=1S/C30H50O4/c1-20-23(18-24(31)19-27(20)32)13-12-22-10-9-17-30(5)25(14-15-26(22)30)21(2)28(34-6)11-7-8-16-29(3,4)33/h12-13,21,24-28,31-33H,1,7-11,14-19H2,2-6H3/b22-12+,23-13-/t21-,24-,25+,26+,27+,28-,30-/m1/s1. The molecule has 3 aliphatic rings. The van der Waals surface area contributed by atoms with Crippen molar-refractivity contribution >= 4 is 0 Å². The van der Waals surface area contributed by atoms with Crippen LogP contribution in [0.15, 0.2) is 35.5 Å². The van der Waals surface area contributed by atoms with Gasteiger partial charge in [-0.15, -0.1) is 0 Å². The van der Waals surface area contributed by atoms with Crippen molar-refractivity contribution in [3.05, 3.63) is 35.5 Å². The molecule has 0 spiro atoms. The van der Waals surface area contributed by atoms with Crippen molar-refractivity contribution in [3.8, 4) is 0 Å². The Labute approximate surface area is 208 Å². The summed E-state index contributed by atoms with van der Waals surface area (Å²) in [6, 6.07) is 0. The average Bonchev–Trinajstić information content (AvgIpc) is 3.11. The molecule has 0 bridgehead atoms. The molecule has 3 fully saturated rings. The third kappa shape index (κ3) is 6.43. The summed E-state index contributed by atoms with van der Waals surface area (Å²) >= 11 is 0. The highest BCUT2D eigenvalue weighted by molar-refractivity contribution is 5.38. The zero-order chi connectivity index (χ0) is 25.1. The molecule has 3 rings (SSSR count). The predicted molar refractivity (Wildman–Crippen MR) is 139 cm³/mol. The van der Waals surface area contributed by atoms with Gasteiger partial charge in [-0.1, -0.05) is 51.0 Å². The van der Waals surface area contributed by atoms with Gasteiger partial charge >= 0.3 is 0 Å². The SMILES string of the molecule is C=C1/C(=C\C=C2/CCC[C@@]3(C)[C@H]2CC[C@H]3[C@@H](C)[C@@H](CCCCC(C)(C)O)OC)C[C@@H](O)C[C@@H]1O. The number of allylic oxidation sites excluding steroid dienone is 3. The topological polar surface area (TPSA) is 69.9 Å². The van der Waals surface area contributed by atoms with Crippen LogP contribution in [0.3, 0.4) is 0 Å². The van der Waals surface area contributed by atoms with E-state index in [0.717, 1.165) is 43.3 Å². The van der Waals surface area contributed by atoms with E-state index in [9.17, 15) is 15.3 Å². The fourth-order valence-corrected chi connectivity index (χ4v) is 7.37. The maximum atomic E-state index is 10.2. The molecule has 0 aromatic carbocycles. The van der Waals surface area contributed by atoms with Crippen LogP contribution in [0, 0.1) is 23.2 Å². The molecular formula is C30H50O4. The number of hydrogen-bond acceptors (Lipinski definition) is 4. The van der Waals surface area contributed by atoms with Crippen molar-refractivity contribution in [2.45, 2.75) is 122 Å². The molecule has 7 atom stereocenters. The number of fused-ring (bicyclic) bond motifs is 1. The maximum absolute atomic E-state index is 10.2. The van der Waals surface area contributed by atoms with E-state index in [1.165, 1.54) is 31.3 Å². The van der Waals surface area contributed by atoms with Crippen LogP contribution in [0.2, 0.25) is 0 Å². The van der Waals surface area contributed by atoms with Crippen LogP contribution in [0.5, 0.6) is 0 Å². The van der Waals surface area contributed by atoms with Crippen molar-refractivity contribution < 1.29 is 20.1 Å². The van der Waals surface area contributed by atoms with Gasteiger partial charge in [-0.25, -0.2) is 0 Å². The molecule has 0 heterocycles. The van der Waals surface area contributed by atoms with Gasteiger partial charge in [0.1, 0.15) is 0 Å². The van der Waals surface area contributed by atoms with Gasteiger partial charge in [-0.05, 0) is 99.5 Å². The molecule has 0 amide bonds. The normalized spacial score (nSPS) is 36.6. The van der Waals surface area contributed by atoms with Gasteiger partial charge in [0.25, 0.3) is 0 Å². The van der Waals surface area contributed by atoms with Crippen molar-refractivity contribution in [3.63, 3.8) is 0 Å². The summed E-state index contributed by atoms with van der Waals surface area (Å²) in [6.45, 7) is 12.8. The summed E-state index contributed by atoms with van der Waals surface area (Å²) in [5, 5.41) is 30.3. The monoisotopic (exact) mass is 474 g/mol. The lowest BCUT2D eigenvalue weighted by Crippen LogP contribution is -2.39. The number of aliphatic hydroxyl groups is 3. The molecule has 0 aliphatic heterocycles. The molecule has 0 aromatic heterocycles. The molecule has 3 N–H and O–H groups in total. The van der Waals surface area contributed by atoms with Crippen LogP contribution in [-0.4, -0.2) is 46.3 Å². The third-order valence-electron chi connectivity index (χ3n) is 9.35. The predicted octanol–water partition coefficient (Wildman–Crippen LogP) is 6.11. The number of ether oxygens (including phenoxy) is 1. The zero-order valence-electron chi connectivity index (χ0n) is 22.4. The van der Waals surface area contributed by atoms with Crippen LogP contribution in [0.1, 0.15) is 98.3 Å². The van der Waals surface area contributed by atoms with Crippen LogP contribution in [0.25, 0.3) is 0 Å². The third-order valence-corrected chi connectivity index (χ3v) is 9.35. The highest BCUT2D eigenvalue weighted by Crippen LogP contribution is 2.60. The average molecular weight is 475 g/mol. The van der Waals surface area contributed by atoms with E-state index in [2.05, 4.69) is 32.6 Å². The molecule has 3 aliphatic carbocycles. The molecule has 4 nitrogen and oxygen atoms in total. The summed E-state index contributed by atoms with van der Waals surface area (Å²) < 4.78 is 6.02. The van der Waals surface area contributed by atoms with Crippen molar-refractivity contribution in [2.24, 2.45) is 23.2 Å². The number of rotatable bonds is 9. The molecule has 0 aromatic rings. The quantitative estimate of drug-likeness (QED) is 0.353. The molecular weight excluding hydrogens is 424 g/mol. The maximum Gasteiger partial charge on any atom is 0.0811 e. The Kier molecular flexibility index (Phi) is 9.28. The fraction of sp³-hybridized carbons (Fsp3) is 0.800. The highest BCUT2D eigenvalue weighted by Gasteiger charge is 2.51. The van der Waals surface area contributed by atoms with Crippen LogP contribution < -0.4 is 0 Å². The molecule has 194 valence electrons. The van der Waals surface area contributed by atoms with E-state index in [4.69, 9.17) is 4.74 Å². The van der Waals surface area contributed by atoms with Crippen molar-refractivity contribution in [2.75, 3.05) is 7.11 Å². The van der Waals surface area contributed by atoms with Crippen molar-refractivity contribution in [1.29, 1.82) is 0 Å². The van der Waals surface area contributed by atoms with Gasteiger partial charge in [0.15, 0.2) is 0 Å². The zero-order valence-corrected chi connectivity index (χ0v) is 22.4. The first-order valence-corrected chi connectivity index (χ1v) is 13.7. The second-order valence-corrected chi connectivity index (χ2v) is 12.4. The molecule has 0 unspecified atom stereocenters. The molecule has 0 radical (unpaired) electrons. The second kappa shape index (κ2) is 11.4. The summed E-state index contributed by atoms with van der Waals surface area (Å²) in [4.78, 5) is 0. The Morgan fingerprint density at radius 2 is 1.94 bits per heavy atom. The lowest BCUT2D eigenvalue weighted by molar-refractivity contribution is -0.0116. The van der Waals surface area contributed by atoms with Crippen molar-refractivity contribution in [1.82, 2.24) is 0 Å². The minimum Gasteiger partial charge on any atom is -0.393 e. The number of unbranched alkanes of at least 4 members (excludes halogenated alkanes) is 1. The van der Waals surface area contributed by atoms with E-state index in [-0.39, 0.29) is 6.10 Å². The van der Waals surface area contributed by atoms with Gasteiger partial charge < -0.3 is 20.1 Å². The highest BCUT2D eigenvalue weighted by atomic mass is 16.5. The summed E-state index contributed by atoms with van der Waals surface area (Å²) in [5.74, 6) is 1.77. The lowest BCUT2D eigenvalue weighted by atomic mass is 9.60. The van der Waals surface area contributed by atoms with Gasteiger partial charge in [0.05, 0.1) is 23.9 Å². The van der Waals surface area contributed by atoms with Crippen LogP contribution >= 0.6 is 0 Å². The summed E-state index contributed by atoms with van der Waals surface area (Å²) in [7, 11) is 1.87. The van der Waals surface area contributed by atoms with Gasteiger partial charge in [-0.3, -0.25) is 0 Å². The molecule has 4 heteroatoms. The van der Waals surface area contributed by atoms with E-state index in [1.807, 2.05) is 21.0 Å². The Balaban J connectivity index is 1.68. The first kappa shape index (κ1) is 27.6. The largest absolute Gasteiger partial charge is 0.393 e. The Hall–Kier alpha value is -0.940. The number of hydrogen-bond donors (Lipinski definition) is 3. The van der Waals surface area contributed by atoms with E-state index < -0.39 is 17.8 Å². The van der Waals surface area contributed by atoms with Gasteiger partial charge in [-0.2, -0.15) is 0 Å². The Bertz CT molecular complexity index is 760. The number of aliphatic hydroxyl groups excluding tert-OH is 2.